The lowest BCUT2D eigenvalue weighted by Crippen LogP contribution is -2.29. The van der Waals surface area contributed by atoms with E-state index in [0.717, 1.165) is 0 Å². The van der Waals surface area contributed by atoms with Gasteiger partial charge in [-0.3, -0.25) is 19.4 Å². The van der Waals surface area contributed by atoms with Crippen LogP contribution in [0.5, 0.6) is 5.75 Å². The molecule has 0 aliphatic carbocycles. The lowest BCUT2D eigenvalue weighted by atomic mass is 10.1. The topological polar surface area (TPSA) is 133 Å². The van der Waals surface area contributed by atoms with Crippen molar-refractivity contribution < 1.29 is 14.3 Å². The van der Waals surface area contributed by atoms with Gasteiger partial charge in [-0.15, -0.1) is 0 Å². The summed E-state index contributed by atoms with van der Waals surface area (Å²) in [4.78, 5) is 51.0. The molecule has 0 radical (unpaired) electrons. The van der Waals surface area contributed by atoms with Crippen LogP contribution in [0.1, 0.15) is 18.2 Å². The molecule has 9 nitrogen and oxygen atoms in total. The molecule has 2 amide bonds. The number of ether oxygens (including phenoxy) is 1. The van der Waals surface area contributed by atoms with Gasteiger partial charge in [0.2, 0.25) is 11.8 Å². The lowest BCUT2D eigenvalue weighted by molar-refractivity contribution is -0.116. The van der Waals surface area contributed by atoms with Crippen molar-refractivity contribution in [2.45, 2.75) is 20.3 Å². The van der Waals surface area contributed by atoms with E-state index >= 15 is 0 Å². The number of rotatable bonds is 5. The van der Waals surface area contributed by atoms with Crippen LogP contribution in [-0.4, -0.2) is 28.9 Å². The molecule has 0 fully saturated rings. The van der Waals surface area contributed by atoms with Gasteiger partial charge in [0.15, 0.2) is 0 Å². The third-order valence-corrected chi connectivity index (χ3v) is 3.39. The highest BCUT2D eigenvalue weighted by molar-refractivity contribution is 5.95. The van der Waals surface area contributed by atoms with Crippen LogP contribution in [0.15, 0.2) is 27.8 Å². The average molecular weight is 346 g/mol. The van der Waals surface area contributed by atoms with E-state index in [9.17, 15) is 19.2 Å². The lowest BCUT2D eigenvalue weighted by Gasteiger charge is -2.12. The molecule has 4 N–H and O–H groups in total. The number of aryl methyl sites for hydroxylation is 1. The van der Waals surface area contributed by atoms with Gasteiger partial charge in [0.05, 0.1) is 19.2 Å². The molecule has 25 heavy (non-hydrogen) atoms. The molecule has 0 aliphatic rings. The van der Waals surface area contributed by atoms with Crippen molar-refractivity contribution in [3.8, 4) is 5.75 Å². The number of hydrogen-bond donors (Lipinski definition) is 4. The van der Waals surface area contributed by atoms with Crippen LogP contribution in [-0.2, 0) is 16.0 Å². The first kappa shape index (κ1) is 18.0. The van der Waals surface area contributed by atoms with Gasteiger partial charge in [0, 0.05) is 23.9 Å². The maximum absolute atomic E-state index is 12.3. The van der Waals surface area contributed by atoms with Crippen LogP contribution in [0, 0.1) is 6.92 Å². The van der Waals surface area contributed by atoms with Crippen molar-refractivity contribution in [3.05, 3.63) is 50.3 Å². The fraction of sp³-hybridized carbons (Fsp3) is 0.250. The number of carbonyl (C=O) groups excluding carboxylic acids is 2. The second kappa shape index (κ2) is 7.47. The molecular formula is C16H18N4O5. The molecular weight excluding hydrogens is 328 g/mol. The fourth-order valence-corrected chi connectivity index (χ4v) is 2.28. The molecule has 1 aromatic heterocycles. The van der Waals surface area contributed by atoms with E-state index in [-0.39, 0.29) is 17.9 Å². The number of aromatic amines is 2. The second-order valence-electron chi connectivity index (χ2n) is 5.33. The predicted molar refractivity (Wildman–Crippen MR) is 92.1 cm³/mol. The van der Waals surface area contributed by atoms with E-state index < -0.39 is 17.2 Å². The van der Waals surface area contributed by atoms with Gasteiger partial charge >= 0.3 is 5.69 Å². The summed E-state index contributed by atoms with van der Waals surface area (Å²) in [5.74, 6) is -0.327. The van der Waals surface area contributed by atoms with Crippen molar-refractivity contribution in [2.75, 3.05) is 17.7 Å². The number of anilines is 2. The van der Waals surface area contributed by atoms with Crippen molar-refractivity contribution in [3.63, 3.8) is 0 Å². The van der Waals surface area contributed by atoms with Gasteiger partial charge in [-0.25, -0.2) is 4.79 Å². The minimum atomic E-state index is -0.628. The maximum atomic E-state index is 12.3. The Morgan fingerprint density at radius 2 is 1.88 bits per heavy atom. The van der Waals surface area contributed by atoms with E-state index in [0.29, 0.717) is 22.8 Å². The molecule has 1 aromatic carbocycles. The number of carbonyl (C=O) groups is 2. The first-order valence-corrected chi connectivity index (χ1v) is 7.37. The third kappa shape index (κ3) is 4.56. The number of nitrogens with one attached hydrogen (secondary N) is 4. The van der Waals surface area contributed by atoms with E-state index in [1.54, 1.807) is 18.2 Å². The van der Waals surface area contributed by atoms with Crippen molar-refractivity contribution in [1.29, 1.82) is 0 Å². The summed E-state index contributed by atoms with van der Waals surface area (Å²) in [7, 11) is 1.44. The van der Waals surface area contributed by atoms with Gasteiger partial charge in [-0.1, -0.05) is 0 Å². The number of aromatic nitrogens is 2. The summed E-state index contributed by atoms with van der Waals surface area (Å²) >= 11 is 0. The molecule has 0 spiro atoms. The molecule has 0 atom stereocenters. The van der Waals surface area contributed by atoms with E-state index in [1.807, 2.05) is 0 Å². The minimum absolute atomic E-state index is 0.161. The van der Waals surface area contributed by atoms with Gasteiger partial charge < -0.3 is 20.4 Å². The van der Waals surface area contributed by atoms with E-state index in [1.165, 1.54) is 21.0 Å². The predicted octanol–water partition coefficient (Wildman–Crippen LogP) is 0.520. The highest BCUT2D eigenvalue weighted by Gasteiger charge is 2.14. The average Bonchev–Trinajstić information content (AvgIpc) is 2.50. The molecule has 2 rings (SSSR count). The van der Waals surface area contributed by atoms with Gasteiger partial charge in [-0.05, 0) is 25.1 Å². The number of methoxy groups -OCH3 is 1. The molecule has 0 saturated heterocycles. The van der Waals surface area contributed by atoms with Crippen LogP contribution < -0.4 is 26.6 Å². The van der Waals surface area contributed by atoms with Gasteiger partial charge in [0.25, 0.3) is 5.56 Å². The summed E-state index contributed by atoms with van der Waals surface area (Å²) in [6, 6.07) is 4.77. The zero-order valence-corrected chi connectivity index (χ0v) is 14.0. The van der Waals surface area contributed by atoms with E-state index in [2.05, 4.69) is 20.6 Å². The third-order valence-electron chi connectivity index (χ3n) is 3.39. The van der Waals surface area contributed by atoms with Crippen molar-refractivity contribution >= 4 is 23.2 Å². The molecule has 9 heteroatoms. The molecule has 132 valence electrons. The Morgan fingerprint density at radius 1 is 1.16 bits per heavy atom. The standard InChI is InChI=1S/C16H18N4O5/c1-8-11(15(23)20-16(24)17-8)7-14(22)19-12-6-10(18-9(2)21)4-5-13(12)25-3/h4-6H,7H2,1-3H3,(H,18,21)(H,19,22)(H2,17,20,23,24). The highest BCUT2D eigenvalue weighted by atomic mass is 16.5. The minimum Gasteiger partial charge on any atom is -0.495 e. The summed E-state index contributed by atoms with van der Waals surface area (Å²) in [5.41, 5.74) is 0.0718. The zero-order chi connectivity index (χ0) is 18.6. The molecule has 0 bridgehead atoms. The molecule has 0 unspecified atom stereocenters. The van der Waals surface area contributed by atoms with Crippen LogP contribution in [0.4, 0.5) is 11.4 Å². The second-order valence-corrected chi connectivity index (χ2v) is 5.33. The molecule has 0 aliphatic heterocycles. The summed E-state index contributed by atoms with van der Waals surface area (Å²) < 4.78 is 5.18. The van der Waals surface area contributed by atoms with Crippen LogP contribution in [0.3, 0.4) is 0 Å². The van der Waals surface area contributed by atoms with Crippen LogP contribution in [0.2, 0.25) is 0 Å². The Hall–Kier alpha value is -3.36. The summed E-state index contributed by atoms with van der Waals surface area (Å²) in [5, 5.41) is 5.24. The van der Waals surface area contributed by atoms with Crippen LogP contribution in [0.25, 0.3) is 0 Å². The summed E-state index contributed by atoms with van der Waals surface area (Å²) in [6.45, 7) is 2.91. The number of benzene rings is 1. The van der Waals surface area contributed by atoms with Crippen LogP contribution >= 0.6 is 0 Å². The quantitative estimate of drug-likeness (QED) is 0.626. The molecule has 0 saturated carbocycles. The monoisotopic (exact) mass is 346 g/mol. The zero-order valence-electron chi connectivity index (χ0n) is 14.0. The Kier molecular flexibility index (Phi) is 5.38. The first-order chi connectivity index (χ1) is 11.8. The van der Waals surface area contributed by atoms with Gasteiger partial charge in [-0.2, -0.15) is 0 Å². The molecule has 1 heterocycles. The highest BCUT2D eigenvalue weighted by Crippen LogP contribution is 2.28. The van der Waals surface area contributed by atoms with Crippen molar-refractivity contribution in [2.24, 2.45) is 0 Å². The SMILES string of the molecule is COc1ccc(NC(C)=O)cc1NC(=O)Cc1c(C)[nH]c(=O)[nH]c1=O. The largest absolute Gasteiger partial charge is 0.495 e. The number of hydrogen-bond acceptors (Lipinski definition) is 5. The first-order valence-electron chi connectivity index (χ1n) is 7.37. The Bertz CT molecular complexity index is 929. The van der Waals surface area contributed by atoms with Crippen molar-refractivity contribution in [1.82, 2.24) is 9.97 Å². The number of amides is 2. The fourth-order valence-electron chi connectivity index (χ4n) is 2.28. The smallest absolute Gasteiger partial charge is 0.325 e. The normalized spacial score (nSPS) is 10.2. The van der Waals surface area contributed by atoms with E-state index in [4.69, 9.17) is 4.74 Å². The number of H-pyrrole nitrogens is 2. The summed E-state index contributed by atoms with van der Waals surface area (Å²) in [6.07, 6.45) is -0.231. The molecule has 2 aromatic rings. The Morgan fingerprint density at radius 3 is 2.48 bits per heavy atom. The van der Waals surface area contributed by atoms with Gasteiger partial charge in [0.1, 0.15) is 5.75 Å². The Balaban J connectivity index is 2.24. The maximum Gasteiger partial charge on any atom is 0.325 e. The Labute approximate surface area is 142 Å².